The monoisotopic (exact) mass is 351 g/mol. The van der Waals surface area contributed by atoms with E-state index in [1.165, 1.54) is 13.2 Å². The number of ether oxygens (including phenoxy) is 1. The number of rotatable bonds is 3. The minimum atomic E-state index is -0.516. The molecule has 6 heteroatoms. The molecule has 0 aliphatic heterocycles. The second-order valence-electron chi connectivity index (χ2n) is 6.27. The Labute approximate surface area is 150 Å². The van der Waals surface area contributed by atoms with Crippen LogP contribution in [0.2, 0.25) is 0 Å². The van der Waals surface area contributed by atoms with Gasteiger partial charge in [0.05, 0.1) is 18.7 Å². The van der Waals surface area contributed by atoms with Gasteiger partial charge >= 0.3 is 6.09 Å². The molecule has 0 bridgehead atoms. The summed E-state index contributed by atoms with van der Waals surface area (Å²) >= 11 is 0. The maximum Gasteiger partial charge on any atom is 0.411 e. The average Bonchev–Trinajstić information content (AvgIpc) is 3.06. The van der Waals surface area contributed by atoms with Crippen LogP contribution in [0.5, 0.6) is 0 Å². The highest BCUT2D eigenvalue weighted by atomic mass is 19.1. The number of carbonyl (C=O) groups excluding carboxylic acids is 1. The molecule has 5 nitrogen and oxygen atoms in total. The van der Waals surface area contributed by atoms with Gasteiger partial charge in [-0.25, -0.2) is 14.2 Å². The molecule has 1 atom stereocenters. The van der Waals surface area contributed by atoms with E-state index >= 15 is 0 Å². The molecule has 0 radical (unpaired) electrons. The van der Waals surface area contributed by atoms with E-state index in [1.54, 1.807) is 12.1 Å². The van der Waals surface area contributed by atoms with Crippen molar-refractivity contribution in [1.29, 1.82) is 0 Å². The minimum absolute atomic E-state index is 0.0728. The zero-order valence-electron chi connectivity index (χ0n) is 14.3. The van der Waals surface area contributed by atoms with E-state index in [4.69, 9.17) is 0 Å². The zero-order valence-corrected chi connectivity index (χ0v) is 14.3. The van der Waals surface area contributed by atoms with E-state index in [0.717, 1.165) is 34.9 Å². The number of aryl methyl sites for hydroxylation is 1. The molecule has 132 valence electrons. The molecule has 1 unspecified atom stereocenters. The summed E-state index contributed by atoms with van der Waals surface area (Å²) in [7, 11) is 1.32. The van der Waals surface area contributed by atoms with Crippen LogP contribution in [0.1, 0.15) is 23.6 Å². The van der Waals surface area contributed by atoms with Gasteiger partial charge in [-0.1, -0.05) is 12.1 Å². The first-order valence-corrected chi connectivity index (χ1v) is 8.43. The second kappa shape index (κ2) is 6.63. The standard InChI is InChI=1S/C20H18FN3O2/c1-26-20(25)22-14-7-9-16-13(11-14)6-10-18(23-16)24-17-8-5-12-3-2-4-15(21)19(12)17/h2-4,6-7,9-11,17H,5,8H2,1H3,(H,22,25)(H,23,24). The van der Waals surface area contributed by atoms with E-state index in [-0.39, 0.29) is 11.9 Å². The van der Waals surface area contributed by atoms with Crippen molar-refractivity contribution in [3.8, 4) is 0 Å². The lowest BCUT2D eigenvalue weighted by atomic mass is 10.1. The van der Waals surface area contributed by atoms with Crippen LogP contribution in [0, 0.1) is 5.82 Å². The third-order valence-electron chi connectivity index (χ3n) is 4.64. The number of methoxy groups -OCH3 is 1. The molecule has 4 rings (SSSR count). The van der Waals surface area contributed by atoms with Crippen LogP contribution < -0.4 is 10.6 Å². The molecule has 3 aromatic rings. The van der Waals surface area contributed by atoms with Gasteiger partial charge in [-0.15, -0.1) is 0 Å². The van der Waals surface area contributed by atoms with Crippen molar-refractivity contribution in [2.24, 2.45) is 0 Å². The first kappa shape index (κ1) is 16.3. The van der Waals surface area contributed by atoms with Crippen LogP contribution in [-0.2, 0) is 11.2 Å². The van der Waals surface area contributed by atoms with Crippen molar-refractivity contribution in [2.75, 3.05) is 17.7 Å². The highest BCUT2D eigenvalue weighted by molar-refractivity contribution is 5.90. The normalized spacial score (nSPS) is 15.5. The molecule has 1 amide bonds. The van der Waals surface area contributed by atoms with Crippen molar-refractivity contribution in [2.45, 2.75) is 18.9 Å². The highest BCUT2D eigenvalue weighted by Gasteiger charge is 2.25. The second-order valence-corrected chi connectivity index (χ2v) is 6.27. The van der Waals surface area contributed by atoms with Crippen LogP contribution in [0.4, 0.5) is 20.7 Å². The van der Waals surface area contributed by atoms with Gasteiger partial charge in [0.15, 0.2) is 0 Å². The van der Waals surface area contributed by atoms with Gasteiger partial charge in [-0.05, 0) is 54.8 Å². The van der Waals surface area contributed by atoms with Crippen molar-refractivity contribution in [3.05, 3.63) is 65.5 Å². The molecule has 0 spiro atoms. The average molecular weight is 351 g/mol. The number of benzene rings is 2. The van der Waals surface area contributed by atoms with Crippen LogP contribution in [0.15, 0.2) is 48.5 Å². The Balaban J connectivity index is 1.57. The summed E-state index contributed by atoms with van der Waals surface area (Å²) in [5.41, 5.74) is 3.23. The number of carbonyl (C=O) groups is 1. The first-order chi connectivity index (χ1) is 12.6. The number of fused-ring (bicyclic) bond motifs is 2. The van der Waals surface area contributed by atoms with Crippen molar-refractivity contribution < 1.29 is 13.9 Å². The quantitative estimate of drug-likeness (QED) is 0.721. The fourth-order valence-corrected chi connectivity index (χ4v) is 3.41. The minimum Gasteiger partial charge on any atom is -0.453 e. The van der Waals surface area contributed by atoms with E-state index in [2.05, 4.69) is 20.4 Å². The van der Waals surface area contributed by atoms with Crippen LogP contribution in [0.3, 0.4) is 0 Å². The maximum absolute atomic E-state index is 14.2. The Kier molecular flexibility index (Phi) is 4.16. The molecular weight excluding hydrogens is 333 g/mol. The molecule has 1 aliphatic rings. The molecule has 1 heterocycles. The van der Waals surface area contributed by atoms with Crippen molar-refractivity contribution in [3.63, 3.8) is 0 Å². The lowest BCUT2D eigenvalue weighted by Gasteiger charge is -2.16. The molecule has 2 N–H and O–H groups in total. The van der Waals surface area contributed by atoms with Crippen LogP contribution in [0.25, 0.3) is 10.9 Å². The summed E-state index contributed by atoms with van der Waals surface area (Å²) in [6.07, 6.45) is 1.19. The Bertz CT molecular complexity index is 990. The first-order valence-electron chi connectivity index (χ1n) is 8.43. The SMILES string of the molecule is COC(=O)Nc1ccc2nc(NC3CCc4cccc(F)c43)ccc2c1. The van der Waals surface area contributed by atoms with Crippen LogP contribution >= 0.6 is 0 Å². The highest BCUT2D eigenvalue weighted by Crippen LogP contribution is 2.35. The summed E-state index contributed by atoms with van der Waals surface area (Å²) in [5.74, 6) is 0.532. The lowest BCUT2D eigenvalue weighted by molar-refractivity contribution is 0.187. The van der Waals surface area contributed by atoms with Gasteiger partial charge in [-0.2, -0.15) is 0 Å². The Morgan fingerprint density at radius 3 is 2.96 bits per heavy atom. The predicted octanol–water partition coefficient (Wildman–Crippen LogP) is 4.65. The topological polar surface area (TPSA) is 63.2 Å². The number of halogens is 1. The summed E-state index contributed by atoms with van der Waals surface area (Å²) in [6.45, 7) is 0. The van der Waals surface area contributed by atoms with Gasteiger partial charge in [0.2, 0.25) is 0 Å². The van der Waals surface area contributed by atoms with Gasteiger partial charge in [-0.3, -0.25) is 5.32 Å². The number of nitrogens with one attached hydrogen (secondary N) is 2. The number of pyridine rings is 1. The van der Waals surface area contributed by atoms with Gasteiger partial charge in [0.25, 0.3) is 0 Å². The fourth-order valence-electron chi connectivity index (χ4n) is 3.41. The molecule has 0 fully saturated rings. The van der Waals surface area contributed by atoms with Gasteiger partial charge in [0.1, 0.15) is 11.6 Å². The van der Waals surface area contributed by atoms with Crippen molar-refractivity contribution in [1.82, 2.24) is 4.98 Å². The number of hydrogen-bond donors (Lipinski definition) is 2. The van der Waals surface area contributed by atoms with E-state index < -0.39 is 6.09 Å². The summed E-state index contributed by atoms with van der Waals surface area (Å²) in [6, 6.07) is 14.4. The van der Waals surface area contributed by atoms with E-state index in [1.807, 2.05) is 30.3 Å². The maximum atomic E-state index is 14.2. The molecular formula is C20H18FN3O2. The predicted molar refractivity (Wildman–Crippen MR) is 98.9 cm³/mol. The number of nitrogens with zero attached hydrogens (tertiary/aromatic N) is 1. The van der Waals surface area contributed by atoms with Crippen molar-refractivity contribution >= 4 is 28.5 Å². The molecule has 1 aliphatic carbocycles. The van der Waals surface area contributed by atoms with Gasteiger partial charge < -0.3 is 10.1 Å². The van der Waals surface area contributed by atoms with Gasteiger partial charge in [0, 0.05) is 16.6 Å². The number of amides is 1. The van der Waals surface area contributed by atoms with E-state index in [0.29, 0.717) is 11.5 Å². The van der Waals surface area contributed by atoms with Crippen LogP contribution in [-0.4, -0.2) is 18.2 Å². The number of anilines is 2. The molecule has 0 saturated carbocycles. The number of hydrogen-bond acceptors (Lipinski definition) is 4. The largest absolute Gasteiger partial charge is 0.453 e. The molecule has 1 aromatic heterocycles. The smallest absolute Gasteiger partial charge is 0.411 e. The Morgan fingerprint density at radius 2 is 2.12 bits per heavy atom. The third-order valence-corrected chi connectivity index (χ3v) is 4.64. The summed E-state index contributed by atoms with van der Waals surface area (Å²) in [4.78, 5) is 15.9. The fraction of sp³-hybridized carbons (Fsp3) is 0.200. The Hall–Kier alpha value is -3.15. The summed E-state index contributed by atoms with van der Waals surface area (Å²) in [5, 5.41) is 6.86. The number of aromatic nitrogens is 1. The Morgan fingerprint density at radius 1 is 1.23 bits per heavy atom. The molecule has 26 heavy (non-hydrogen) atoms. The third kappa shape index (κ3) is 3.06. The lowest BCUT2D eigenvalue weighted by Crippen LogP contribution is -2.11. The van der Waals surface area contributed by atoms with E-state index in [9.17, 15) is 9.18 Å². The molecule has 0 saturated heterocycles. The summed E-state index contributed by atoms with van der Waals surface area (Å²) < 4.78 is 18.8. The molecule has 2 aromatic carbocycles. The zero-order chi connectivity index (χ0) is 18.1.